The summed E-state index contributed by atoms with van der Waals surface area (Å²) in [6, 6.07) is 5.99. The third-order valence-corrected chi connectivity index (χ3v) is 4.85. The van der Waals surface area contributed by atoms with Crippen molar-refractivity contribution in [1.82, 2.24) is 15.0 Å². The molecule has 1 aromatic carbocycles. The van der Waals surface area contributed by atoms with Gasteiger partial charge in [0.15, 0.2) is 5.82 Å². The second-order valence-corrected chi connectivity index (χ2v) is 6.55. The van der Waals surface area contributed by atoms with Crippen LogP contribution in [0.1, 0.15) is 31.7 Å². The number of hydrogen-bond acceptors (Lipinski definition) is 5. The molecule has 130 valence electrons. The van der Waals surface area contributed by atoms with E-state index in [1.807, 2.05) is 6.92 Å². The number of H-pyrrole nitrogens is 1. The molecule has 0 saturated carbocycles. The van der Waals surface area contributed by atoms with E-state index in [-0.39, 0.29) is 12.0 Å². The molecule has 0 amide bonds. The van der Waals surface area contributed by atoms with Crippen LogP contribution in [0.15, 0.2) is 24.5 Å². The molecule has 4 rings (SSSR count). The van der Waals surface area contributed by atoms with E-state index >= 15 is 0 Å². The lowest BCUT2D eigenvalue weighted by atomic mass is 10.0. The number of aromatic amines is 1. The number of fused-ring (bicyclic) bond motifs is 3. The number of ether oxygens (including phenoxy) is 1. The number of anilines is 1. The fraction of sp³-hybridized carbons (Fsp3) is 0.421. The number of piperidine rings is 1. The first-order chi connectivity index (χ1) is 12.2. The maximum Gasteiger partial charge on any atom is 0.328 e. The lowest BCUT2D eigenvalue weighted by molar-refractivity contribution is -0.145. The van der Waals surface area contributed by atoms with Gasteiger partial charge in [-0.25, -0.2) is 14.8 Å². The number of hydrogen-bond donors (Lipinski definition) is 1. The van der Waals surface area contributed by atoms with Crippen molar-refractivity contribution in [2.75, 3.05) is 18.1 Å². The molecule has 3 heterocycles. The average Bonchev–Trinajstić information content (AvgIpc) is 3.00. The predicted octanol–water partition coefficient (Wildman–Crippen LogP) is 3.34. The van der Waals surface area contributed by atoms with Crippen molar-refractivity contribution in [3.05, 3.63) is 30.1 Å². The van der Waals surface area contributed by atoms with Gasteiger partial charge in [-0.05, 0) is 45.2 Å². The number of aryl methyl sites for hydroxylation is 1. The minimum atomic E-state index is -0.278. The maximum atomic E-state index is 12.4. The molecule has 6 nitrogen and oxygen atoms in total. The van der Waals surface area contributed by atoms with Crippen molar-refractivity contribution >= 4 is 33.7 Å². The first kappa shape index (κ1) is 15.9. The Kier molecular flexibility index (Phi) is 4.03. The minimum absolute atomic E-state index is 0.166. The van der Waals surface area contributed by atoms with Crippen LogP contribution in [0.2, 0.25) is 0 Å². The summed E-state index contributed by atoms with van der Waals surface area (Å²) in [7, 11) is 0. The van der Waals surface area contributed by atoms with E-state index < -0.39 is 0 Å². The van der Waals surface area contributed by atoms with E-state index in [0.29, 0.717) is 6.61 Å². The Bertz CT molecular complexity index is 934. The fourth-order valence-electron chi connectivity index (χ4n) is 3.68. The summed E-state index contributed by atoms with van der Waals surface area (Å²) in [5.41, 5.74) is 4.01. The summed E-state index contributed by atoms with van der Waals surface area (Å²) >= 11 is 0. The summed E-state index contributed by atoms with van der Waals surface area (Å²) in [4.78, 5) is 26.9. The average molecular weight is 338 g/mol. The molecule has 6 heteroatoms. The van der Waals surface area contributed by atoms with Gasteiger partial charge in [0, 0.05) is 17.4 Å². The highest BCUT2D eigenvalue weighted by atomic mass is 16.5. The third kappa shape index (κ3) is 2.71. The second kappa shape index (κ2) is 6.35. The zero-order valence-corrected chi connectivity index (χ0v) is 14.6. The highest BCUT2D eigenvalue weighted by Gasteiger charge is 2.32. The fourth-order valence-corrected chi connectivity index (χ4v) is 3.68. The number of nitrogens with one attached hydrogen (secondary N) is 1. The molecule has 0 unspecified atom stereocenters. The minimum Gasteiger partial charge on any atom is -0.464 e. The van der Waals surface area contributed by atoms with E-state index in [1.165, 1.54) is 5.56 Å². The highest BCUT2D eigenvalue weighted by molar-refractivity contribution is 6.08. The van der Waals surface area contributed by atoms with Gasteiger partial charge in [-0.2, -0.15) is 0 Å². The van der Waals surface area contributed by atoms with Gasteiger partial charge in [-0.1, -0.05) is 11.6 Å². The number of aromatic nitrogens is 3. The van der Waals surface area contributed by atoms with Crippen LogP contribution in [0.4, 0.5) is 5.82 Å². The molecule has 1 saturated heterocycles. The molecule has 0 spiro atoms. The third-order valence-electron chi connectivity index (χ3n) is 4.85. The smallest absolute Gasteiger partial charge is 0.328 e. The van der Waals surface area contributed by atoms with Crippen LogP contribution in [0.3, 0.4) is 0 Å². The molecule has 0 bridgehead atoms. The quantitative estimate of drug-likeness (QED) is 0.742. The Morgan fingerprint density at radius 2 is 2.24 bits per heavy atom. The Balaban J connectivity index is 1.84. The molecule has 0 radical (unpaired) electrons. The van der Waals surface area contributed by atoms with Crippen LogP contribution in [0, 0.1) is 6.92 Å². The standard InChI is InChI=1S/C19H22N4O2/c1-3-25-19(24)15-6-4-5-9-23(15)18-17-16(20-11-21-18)13-10-12(2)7-8-14(13)22-17/h7-8,10-11,15,22H,3-6,9H2,1-2H3/t15-/m1/s1. The van der Waals surface area contributed by atoms with E-state index in [1.54, 1.807) is 6.33 Å². The maximum absolute atomic E-state index is 12.4. The summed E-state index contributed by atoms with van der Waals surface area (Å²) in [6.45, 7) is 5.10. The largest absolute Gasteiger partial charge is 0.464 e. The van der Waals surface area contributed by atoms with E-state index in [4.69, 9.17) is 4.74 Å². The molecular weight excluding hydrogens is 316 g/mol. The Morgan fingerprint density at radius 1 is 1.36 bits per heavy atom. The van der Waals surface area contributed by atoms with Crippen molar-refractivity contribution in [3.8, 4) is 0 Å². The predicted molar refractivity (Wildman–Crippen MR) is 97.7 cm³/mol. The second-order valence-electron chi connectivity index (χ2n) is 6.55. The van der Waals surface area contributed by atoms with Crippen LogP contribution in [-0.4, -0.2) is 40.1 Å². The Labute approximate surface area is 146 Å². The zero-order chi connectivity index (χ0) is 17.4. The summed E-state index contributed by atoms with van der Waals surface area (Å²) in [5, 5.41) is 1.09. The SMILES string of the molecule is CCOC(=O)[C@H]1CCCCN1c1ncnc2c1[nH]c1ccc(C)cc12. The molecule has 1 aliphatic heterocycles. The number of carbonyl (C=O) groups is 1. The van der Waals surface area contributed by atoms with Gasteiger partial charge < -0.3 is 14.6 Å². The van der Waals surface area contributed by atoms with Gasteiger partial charge >= 0.3 is 5.97 Å². The number of carbonyl (C=O) groups excluding carboxylic acids is 1. The Hall–Kier alpha value is -2.63. The molecule has 1 fully saturated rings. The van der Waals surface area contributed by atoms with Crippen LogP contribution in [0.5, 0.6) is 0 Å². The normalized spacial score (nSPS) is 18.0. The molecule has 1 N–H and O–H groups in total. The van der Waals surface area contributed by atoms with Crippen molar-refractivity contribution in [2.45, 2.75) is 39.2 Å². The van der Waals surface area contributed by atoms with Crippen LogP contribution >= 0.6 is 0 Å². The topological polar surface area (TPSA) is 71.1 Å². The molecule has 25 heavy (non-hydrogen) atoms. The van der Waals surface area contributed by atoms with Crippen LogP contribution in [-0.2, 0) is 9.53 Å². The summed E-state index contributed by atoms with van der Waals surface area (Å²) in [6.07, 6.45) is 4.45. The van der Waals surface area contributed by atoms with E-state index in [2.05, 4.69) is 45.0 Å². The van der Waals surface area contributed by atoms with Gasteiger partial charge in [0.2, 0.25) is 0 Å². The van der Waals surface area contributed by atoms with Gasteiger partial charge in [0.05, 0.1) is 6.61 Å². The summed E-state index contributed by atoms with van der Waals surface area (Å²) in [5.74, 6) is 0.623. The molecule has 3 aromatic rings. The van der Waals surface area contributed by atoms with Crippen molar-refractivity contribution in [1.29, 1.82) is 0 Å². The zero-order valence-electron chi connectivity index (χ0n) is 14.6. The number of esters is 1. The molecule has 0 aliphatic carbocycles. The molecule has 1 aliphatic rings. The molecular formula is C19H22N4O2. The van der Waals surface area contributed by atoms with Crippen molar-refractivity contribution in [2.24, 2.45) is 0 Å². The van der Waals surface area contributed by atoms with Crippen LogP contribution in [0.25, 0.3) is 21.9 Å². The highest BCUT2D eigenvalue weighted by Crippen LogP contribution is 2.32. The lowest BCUT2D eigenvalue weighted by Gasteiger charge is -2.34. The van der Waals surface area contributed by atoms with Crippen molar-refractivity contribution < 1.29 is 9.53 Å². The van der Waals surface area contributed by atoms with E-state index in [0.717, 1.165) is 53.6 Å². The summed E-state index contributed by atoms with van der Waals surface area (Å²) < 4.78 is 5.29. The van der Waals surface area contributed by atoms with Crippen LogP contribution < -0.4 is 4.90 Å². The van der Waals surface area contributed by atoms with Gasteiger partial charge in [-0.15, -0.1) is 0 Å². The Morgan fingerprint density at radius 3 is 3.08 bits per heavy atom. The first-order valence-electron chi connectivity index (χ1n) is 8.85. The first-order valence-corrected chi connectivity index (χ1v) is 8.85. The van der Waals surface area contributed by atoms with E-state index in [9.17, 15) is 4.79 Å². The molecule has 2 aromatic heterocycles. The molecule has 1 atom stereocenters. The monoisotopic (exact) mass is 338 g/mol. The number of nitrogens with zero attached hydrogens (tertiary/aromatic N) is 3. The van der Waals surface area contributed by atoms with Gasteiger partial charge in [-0.3, -0.25) is 0 Å². The van der Waals surface area contributed by atoms with Gasteiger partial charge in [0.1, 0.15) is 23.4 Å². The number of rotatable bonds is 3. The van der Waals surface area contributed by atoms with Crippen molar-refractivity contribution in [3.63, 3.8) is 0 Å². The lowest BCUT2D eigenvalue weighted by Crippen LogP contribution is -2.46. The van der Waals surface area contributed by atoms with Gasteiger partial charge in [0.25, 0.3) is 0 Å². The number of benzene rings is 1.